The number of hydrogen-bond acceptors (Lipinski definition) is 4. The topological polar surface area (TPSA) is 63.9 Å². The number of hydrogen-bond donors (Lipinski definition) is 0. The molecule has 1 aromatic heterocycles. The van der Waals surface area contributed by atoms with Crippen LogP contribution in [0.5, 0.6) is 0 Å². The lowest BCUT2D eigenvalue weighted by Crippen LogP contribution is -2.38. The third-order valence-corrected chi connectivity index (χ3v) is 5.91. The third kappa shape index (κ3) is 3.77. The first-order chi connectivity index (χ1) is 15.6. The molecule has 4 aromatic rings. The fraction of sp³-hybridized carbons (Fsp3) is 0.200. The first-order valence-electron chi connectivity index (χ1n) is 10.5. The molecule has 6 nitrogen and oxygen atoms in total. The van der Waals surface area contributed by atoms with Crippen molar-refractivity contribution in [2.45, 2.75) is 32.5 Å². The maximum atomic E-state index is 13.9. The smallest absolute Gasteiger partial charge is 0.248 e. The number of fused-ring (bicyclic) bond motifs is 3. The summed E-state index contributed by atoms with van der Waals surface area (Å²) in [5, 5.41) is 11.8. The van der Waals surface area contributed by atoms with E-state index < -0.39 is 6.04 Å². The van der Waals surface area contributed by atoms with Crippen LogP contribution >= 0.6 is 0 Å². The minimum Gasteiger partial charge on any atom is -0.332 e. The Hall–Kier alpha value is -3.87. The number of benzene rings is 3. The Morgan fingerprint density at radius 2 is 1.62 bits per heavy atom. The maximum Gasteiger partial charge on any atom is 0.248 e. The minimum atomic E-state index is -0.677. The van der Waals surface area contributed by atoms with Crippen molar-refractivity contribution in [1.29, 1.82) is 0 Å². The summed E-state index contributed by atoms with van der Waals surface area (Å²) in [4.78, 5) is 15.8. The van der Waals surface area contributed by atoms with Gasteiger partial charge in [-0.2, -0.15) is 0 Å². The van der Waals surface area contributed by atoms with E-state index in [2.05, 4.69) is 39.8 Å². The molecule has 1 aliphatic rings. The highest BCUT2D eigenvalue weighted by molar-refractivity contribution is 5.82. The molecule has 0 saturated heterocycles. The van der Waals surface area contributed by atoms with Crippen molar-refractivity contribution < 1.29 is 9.18 Å². The fourth-order valence-corrected chi connectivity index (χ4v) is 4.37. The molecule has 160 valence electrons. The molecule has 0 spiro atoms. The van der Waals surface area contributed by atoms with Gasteiger partial charge in [-0.05, 0) is 57.3 Å². The van der Waals surface area contributed by atoms with E-state index >= 15 is 0 Å². The van der Waals surface area contributed by atoms with Gasteiger partial charge in [0.25, 0.3) is 0 Å². The minimum absolute atomic E-state index is 0.101. The van der Waals surface area contributed by atoms with E-state index in [1.54, 1.807) is 13.0 Å². The van der Waals surface area contributed by atoms with E-state index in [4.69, 9.17) is 0 Å². The van der Waals surface area contributed by atoms with Crippen LogP contribution in [0.3, 0.4) is 0 Å². The van der Waals surface area contributed by atoms with Gasteiger partial charge < -0.3 is 4.90 Å². The highest BCUT2D eigenvalue weighted by Crippen LogP contribution is 2.33. The van der Waals surface area contributed by atoms with Crippen molar-refractivity contribution in [2.75, 3.05) is 0 Å². The highest BCUT2D eigenvalue weighted by Gasteiger charge is 2.31. The normalized spacial score (nSPS) is 13.8. The molecule has 0 aliphatic carbocycles. The highest BCUT2D eigenvalue weighted by atomic mass is 19.1. The van der Waals surface area contributed by atoms with Gasteiger partial charge in [0.05, 0.1) is 0 Å². The summed E-state index contributed by atoms with van der Waals surface area (Å²) in [6.07, 6.45) is 0.294. The molecule has 1 unspecified atom stereocenters. The molecule has 32 heavy (non-hydrogen) atoms. The lowest BCUT2D eigenvalue weighted by atomic mass is 9.97. The molecule has 0 radical (unpaired) electrons. The molecule has 0 saturated carbocycles. The fourth-order valence-electron chi connectivity index (χ4n) is 4.37. The molecule has 1 amide bonds. The zero-order valence-corrected chi connectivity index (χ0v) is 17.6. The number of amides is 1. The number of halogens is 1. The average Bonchev–Trinajstić information content (AvgIpc) is 3.14. The monoisotopic (exact) mass is 427 g/mol. The molecule has 1 atom stereocenters. The number of nitrogens with zero attached hydrogens (tertiary/aromatic N) is 5. The van der Waals surface area contributed by atoms with Crippen LogP contribution in [-0.2, 0) is 24.3 Å². The molecule has 0 bridgehead atoms. The van der Waals surface area contributed by atoms with E-state index in [-0.39, 0.29) is 11.7 Å². The van der Waals surface area contributed by atoms with Gasteiger partial charge in [-0.25, -0.2) is 9.07 Å². The predicted octanol–water partition coefficient (Wildman–Crippen LogP) is 4.11. The Morgan fingerprint density at radius 1 is 0.969 bits per heavy atom. The molecule has 3 aromatic carbocycles. The largest absolute Gasteiger partial charge is 0.332 e. The summed E-state index contributed by atoms with van der Waals surface area (Å²) in [6.45, 7) is 2.72. The van der Waals surface area contributed by atoms with Gasteiger partial charge in [-0.3, -0.25) is 4.79 Å². The van der Waals surface area contributed by atoms with Gasteiger partial charge in [0, 0.05) is 19.5 Å². The van der Waals surface area contributed by atoms with E-state index in [0.717, 1.165) is 22.3 Å². The number of tetrazole rings is 1. The second kappa shape index (κ2) is 8.34. The van der Waals surface area contributed by atoms with Crippen LogP contribution in [0.4, 0.5) is 4.39 Å². The quantitative estimate of drug-likeness (QED) is 0.492. The Labute approximate surface area is 185 Å². The molecule has 7 heteroatoms. The van der Waals surface area contributed by atoms with Crippen LogP contribution in [0.25, 0.3) is 11.1 Å². The number of carbonyl (C=O) groups excluding carboxylic acids is 1. The van der Waals surface area contributed by atoms with E-state index in [1.165, 1.54) is 16.8 Å². The van der Waals surface area contributed by atoms with Crippen molar-refractivity contribution >= 4 is 5.91 Å². The lowest BCUT2D eigenvalue weighted by Gasteiger charge is -2.27. The van der Waals surface area contributed by atoms with Crippen LogP contribution in [0.2, 0.25) is 0 Å². The second-order valence-corrected chi connectivity index (χ2v) is 8.03. The molecular formula is C25H22FN5O. The number of rotatable bonds is 4. The predicted molar refractivity (Wildman–Crippen MR) is 118 cm³/mol. The van der Waals surface area contributed by atoms with Crippen LogP contribution in [-0.4, -0.2) is 31.0 Å². The van der Waals surface area contributed by atoms with Crippen molar-refractivity contribution in [2.24, 2.45) is 0 Å². The Balaban J connectivity index is 1.55. The van der Waals surface area contributed by atoms with E-state index in [9.17, 15) is 9.18 Å². The van der Waals surface area contributed by atoms with Crippen molar-refractivity contribution in [3.05, 3.63) is 101 Å². The Bertz CT molecular complexity index is 1240. The Morgan fingerprint density at radius 3 is 2.22 bits per heavy atom. The Kier molecular flexibility index (Phi) is 5.23. The van der Waals surface area contributed by atoms with Crippen LogP contribution < -0.4 is 0 Å². The van der Waals surface area contributed by atoms with Gasteiger partial charge in [0.1, 0.15) is 17.7 Å². The van der Waals surface area contributed by atoms with Gasteiger partial charge in [-0.15, -0.1) is 5.10 Å². The van der Waals surface area contributed by atoms with Crippen molar-refractivity contribution in [3.63, 3.8) is 0 Å². The summed E-state index contributed by atoms with van der Waals surface area (Å²) < 4.78 is 15.4. The molecule has 2 heterocycles. The van der Waals surface area contributed by atoms with Gasteiger partial charge in [-0.1, -0.05) is 60.7 Å². The first-order valence-corrected chi connectivity index (χ1v) is 10.5. The molecule has 0 fully saturated rings. The zero-order valence-electron chi connectivity index (χ0n) is 17.6. The summed E-state index contributed by atoms with van der Waals surface area (Å²) >= 11 is 0. The SMILES string of the molecule is Cc1nnnn1C(Cc1cccc(F)c1)C(=O)N1Cc2ccccc2-c2ccccc2C1. The number of carbonyl (C=O) groups is 1. The van der Waals surface area contributed by atoms with Crippen LogP contribution in [0.15, 0.2) is 72.8 Å². The number of aromatic nitrogens is 4. The summed E-state index contributed by atoms with van der Waals surface area (Å²) in [6, 6.07) is 22.0. The van der Waals surface area contributed by atoms with E-state index in [0.29, 0.717) is 30.9 Å². The summed E-state index contributed by atoms with van der Waals surface area (Å²) in [5.74, 6) is 0.103. The summed E-state index contributed by atoms with van der Waals surface area (Å²) in [5.41, 5.74) is 5.17. The van der Waals surface area contributed by atoms with Crippen LogP contribution in [0.1, 0.15) is 28.6 Å². The van der Waals surface area contributed by atoms with Gasteiger partial charge in [0.2, 0.25) is 5.91 Å². The van der Waals surface area contributed by atoms with Gasteiger partial charge in [0.15, 0.2) is 0 Å². The molecule has 0 N–H and O–H groups in total. The van der Waals surface area contributed by atoms with E-state index in [1.807, 2.05) is 35.2 Å². The standard InChI is InChI=1S/C25H22FN5O/c1-17-27-28-29-31(17)24(14-18-7-6-10-21(26)13-18)25(32)30-15-19-8-2-4-11-22(19)23-12-5-3-9-20(23)16-30/h2-13,24H,14-16H2,1H3. The van der Waals surface area contributed by atoms with Crippen LogP contribution in [0, 0.1) is 12.7 Å². The molecule has 1 aliphatic heterocycles. The molecule has 5 rings (SSSR count). The summed E-state index contributed by atoms with van der Waals surface area (Å²) in [7, 11) is 0. The lowest BCUT2D eigenvalue weighted by molar-refractivity contribution is -0.136. The zero-order chi connectivity index (χ0) is 22.1. The van der Waals surface area contributed by atoms with Crippen molar-refractivity contribution in [1.82, 2.24) is 25.1 Å². The molecular weight excluding hydrogens is 405 g/mol. The third-order valence-electron chi connectivity index (χ3n) is 5.91. The first kappa shape index (κ1) is 20.1. The van der Waals surface area contributed by atoms with Crippen molar-refractivity contribution in [3.8, 4) is 11.1 Å². The number of aryl methyl sites for hydroxylation is 1. The maximum absolute atomic E-state index is 13.9. The average molecular weight is 427 g/mol. The van der Waals surface area contributed by atoms with Gasteiger partial charge >= 0.3 is 0 Å². The second-order valence-electron chi connectivity index (χ2n) is 8.03.